The molecule has 2 aromatic rings. The highest BCUT2D eigenvalue weighted by atomic mass is 32.1. The number of nitrogens with one attached hydrogen (secondary N) is 2. The van der Waals surface area contributed by atoms with Crippen LogP contribution in [0.1, 0.15) is 23.1 Å². The lowest BCUT2D eigenvalue weighted by atomic mass is 10.1. The minimum Gasteiger partial charge on any atom is -0.357 e. The highest BCUT2D eigenvalue weighted by molar-refractivity contribution is 7.10. The lowest BCUT2D eigenvalue weighted by Gasteiger charge is -2.26. The molecule has 3 rings (SSSR count). The molecule has 0 radical (unpaired) electrons. The van der Waals surface area contributed by atoms with Gasteiger partial charge in [-0.1, -0.05) is 6.07 Å². The third kappa shape index (κ3) is 5.54. The summed E-state index contributed by atoms with van der Waals surface area (Å²) in [6, 6.07) is 8.29. The number of hydrogen-bond donors (Lipinski definition) is 2. The molecule has 2 N–H and O–H groups in total. The first-order valence-electron chi connectivity index (χ1n) is 9.05. The molecule has 0 spiro atoms. The zero-order valence-electron chi connectivity index (χ0n) is 14.9. The highest BCUT2D eigenvalue weighted by Gasteiger charge is 2.16. The second-order valence-corrected chi connectivity index (χ2v) is 7.15. The van der Waals surface area contributed by atoms with Gasteiger partial charge in [0.15, 0.2) is 5.96 Å². The van der Waals surface area contributed by atoms with Crippen molar-refractivity contribution in [2.24, 2.45) is 4.99 Å². The maximum absolute atomic E-state index is 4.72. The van der Waals surface area contributed by atoms with Gasteiger partial charge in [0.1, 0.15) is 0 Å². The van der Waals surface area contributed by atoms with E-state index in [1.54, 1.807) is 4.88 Å². The summed E-state index contributed by atoms with van der Waals surface area (Å²) in [6.45, 7) is 7.84. The van der Waals surface area contributed by atoms with E-state index >= 15 is 0 Å². The van der Waals surface area contributed by atoms with Crippen molar-refractivity contribution in [3.8, 4) is 0 Å². The Morgan fingerprint density at radius 3 is 3.12 bits per heavy atom. The van der Waals surface area contributed by atoms with Crippen LogP contribution in [0.3, 0.4) is 0 Å². The molecule has 3 heterocycles. The van der Waals surface area contributed by atoms with E-state index in [4.69, 9.17) is 4.99 Å². The van der Waals surface area contributed by atoms with E-state index in [-0.39, 0.29) is 0 Å². The van der Waals surface area contributed by atoms with Crippen molar-refractivity contribution < 1.29 is 0 Å². The van der Waals surface area contributed by atoms with Gasteiger partial charge in [-0.15, -0.1) is 11.3 Å². The molecule has 0 saturated carbocycles. The Bertz CT molecular complexity index is 667. The quantitative estimate of drug-likeness (QED) is 0.590. The number of thiophene rings is 1. The van der Waals surface area contributed by atoms with Gasteiger partial charge in [-0.3, -0.25) is 14.9 Å². The van der Waals surface area contributed by atoms with Crippen LogP contribution in [0.5, 0.6) is 0 Å². The van der Waals surface area contributed by atoms with Crippen LogP contribution in [0, 0.1) is 0 Å². The van der Waals surface area contributed by atoms with Gasteiger partial charge in [0.05, 0.1) is 6.54 Å². The van der Waals surface area contributed by atoms with Gasteiger partial charge in [0, 0.05) is 55.9 Å². The first-order valence-corrected chi connectivity index (χ1v) is 9.93. The third-order valence-corrected chi connectivity index (χ3v) is 5.34. The molecule has 0 fully saturated rings. The van der Waals surface area contributed by atoms with E-state index in [2.05, 4.69) is 45.0 Å². The fourth-order valence-electron chi connectivity index (χ4n) is 3.00. The minimum atomic E-state index is 0.818. The van der Waals surface area contributed by atoms with Crippen molar-refractivity contribution in [1.29, 1.82) is 0 Å². The molecular formula is C19H27N5S. The fourth-order valence-corrected chi connectivity index (χ4v) is 3.89. The monoisotopic (exact) mass is 357 g/mol. The lowest BCUT2D eigenvalue weighted by molar-refractivity contribution is 0.263. The van der Waals surface area contributed by atoms with Crippen LogP contribution in [0.2, 0.25) is 0 Å². The molecule has 0 unspecified atom stereocenters. The van der Waals surface area contributed by atoms with Crippen molar-refractivity contribution >= 4 is 17.3 Å². The average Bonchev–Trinajstić information content (AvgIpc) is 3.10. The van der Waals surface area contributed by atoms with E-state index in [0.29, 0.717) is 0 Å². The smallest absolute Gasteiger partial charge is 0.191 e. The summed E-state index contributed by atoms with van der Waals surface area (Å²) < 4.78 is 0. The molecule has 0 atom stereocenters. The van der Waals surface area contributed by atoms with E-state index in [1.165, 1.54) is 12.0 Å². The lowest BCUT2D eigenvalue weighted by Crippen LogP contribution is -2.39. The molecule has 0 saturated heterocycles. The summed E-state index contributed by atoms with van der Waals surface area (Å²) in [7, 11) is 0. The van der Waals surface area contributed by atoms with Crippen molar-refractivity contribution in [3.05, 3.63) is 52.0 Å². The SMILES string of the molecule is CCNC(=NCCN1CCc2sccc2C1)NCCc1ccccn1. The number of guanidine groups is 1. The van der Waals surface area contributed by atoms with Gasteiger partial charge in [0.2, 0.25) is 0 Å². The summed E-state index contributed by atoms with van der Waals surface area (Å²) in [5.74, 6) is 0.895. The molecule has 6 heteroatoms. The Morgan fingerprint density at radius 2 is 2.28 bits per heavy atom. The van der Waals surface area contributed by atoms with Crippen molar-refractivity contribution in [3.63, 3.8) is 0 Å². The zero-order chi connectivity index (χ0) is 17.3. The Morgan fingerprint density at radius 1 is 1.32 bits per heavy atom. The number of rotatable bonds is 7. The van der Waals surface area contributed by atoms with Crippen molar-refractivity contribution in [2.45, 2.75) is 26.3 Å². The molecule has 0 aliphatic carbocycles. The fraction of sp³-hybridized carbons (Fsp3) is 0.474. The van der Waals surface area contributed by atoms with Gasteiger partial charge < -0.3 is 10.6 Å². The standard InChI is InChI=1S/C19H27N5S/c1-2-20-19(22-10-6-17-5-3-4-9-21-17)23-11-13-24-12-7-18-16(15-24)8-14-25-18/h3-5,8-9,14H,2,6-7,10-13,15H2,1H3,(H2,20,22,23). The van der Waals surface area contributed by atoms with Gasteiger partial charge in [0.25, 0.3) is 0 Å². The maximum Gasteiger partial charge on any atom is 0.191 e. The molecular weight excluding hydrogens is 330 g/mol. The van der Waals surface area contributed by atoms with Crippen LogP contribution in [-0.2, 0) is 19.4 Å². The highest BCUT2D eigenvalue weighted by Crippen LogP contribution is 2.23. The number of aliphatic imine (C=N–C) groups is 1. The number of fused-ring (bicyclic) bond motifs is 1. The Balaban J connectivity index is 1.42. The van der Waals surface area contributed by atoms with E-state index in [0.717, 1.165) is 57.3 Å². The number of aromatic nitrogens is 1. The van der Waals surface area contributed by atoms with Crippen LogP contribution in [0.4, 0.5) is 0 Å². The largest absolute Gasteiger partial charge is 0.357 e. The molecule has 0 amide bonds. The first kappa shape index (κ1) is 17.9. The van der Waals surface area contributed by atoms with Crippen LogP contribution in [0.15, 0.2) is 40.8 Å². The third-order valence-electron chi connectivity index (χ3n) is 4.32. The topological polar surface area (TPSA) is 52.6 Å². The summed E-state index contributed by atoms with van der Waals surface area (Å²) in [4.78, 5) is 13.1. The van der Waals surface area contributed by atoms with Crippen LogP contribution < -0.4 is 10.6 Å². The maximum atomic E-state index is 4.72. The predicted octanol–water partition coefficient (Wildman–Crippen LogP) is 2.30. The molecule has 5 nitrogen and oxygen atoms in total. The molecule has 1 aliphatic heterocycles. The number of hydrogen-bond acceptors (Lipinski definition) is 4. The van der Waals surface area contributed by atoms with E-state index in [1.807, 2.05) is 29.7 Å². The number of nitrogens with zero attached hydrogens (tertiary/aromatic N) is 3. The molecule has 2 aromatic heterocycles. The van der Waals surface area contributed by atoms with Crippen molar-refractivity contribution in [2.75, 3.05) is 32.7 Å². The Hall–Kier alpha value is -1.92. The molecule has 134 valence electrons. The molecule has 25 heavy (non-hydrogen) atoms. The molecule has 0 bridgehead atoms. The van der Waals surface area contributed by atoms with Gasteiger partial charge in [-0.05, 0) is 42.5 Å². The van der Waals surface area contributed by atoms with Crippen molar-refractivity contribution in [1.82, 2.24) is 20.5 Å². The van der Waals surface area contributed by atoms with Crippen LogP contribution in [0.25, 0.3) is 0 Å². The summed E-state index contributed by atoms with van der Waals surface area (Å²) in [5, 5.41) is 8.93. The molecule has 0 aromatic carbocycles. The van der Waals surface area contributed by atoms with Crippen LogP contribution >= 0.6 is 11.3 Å². The summed E-state index contributed by atoms with van der Waals surface area (Å²) >= 11 is 1.89. The first-order chi connectivity index (χ1) is 12.3. The Labute approximate surface area is 154 Å². The normalized spacial score (nSPS) is 15.0. The summed E-state index contributed by atoms with van der Waals surface area (Å²) in [6.07, 6.45) is 3.92. The second-order valence-electron chi connectivity index (χ2n) is 6.15. The van der Waals surface area contributed by atoms with Gasteiger partial charge >= 0.3 is 0 Å². The Kier molecular flexibility index (Phi) is 6.82. The average molecular weight is 358 g/mol. The number of pyridine rings is 1. The van der Waals surface area contributed by atoms with E-state index in [9.17, 15) is 0 Å². The van der Waals surface area contributed by atoms with Gasteiger partial charge in [-0.25, -0.2) is 0 Å². The van der Waals surface area contributed by atoms with Crippen LogP contribution in [-0.4, -0.2) is 48.6 Å². The minimum absolute atomic E-state index is 0.818. The summed E-state index contributed by atoms with van der Waals surface area (Å²) in [5.41, 5.74) is 2.60. The predicted molar refractivity (Wildman–Crippen MR) is 105 cm³/mol. The van der Waals surface area contributed by atoms with E-state index < -0.39 is 0 Å². The van der Waals surface area contributed by atoms with Gasteiger partial charge in [-0.2, -0.15) is 0 Å². The zero-order valence-corrected chi connectivity index (χ0v) is 15.7. The molecule has 1 aliphatic rings. The second kappa shape index (κ2) is 9.53.